The summed E-state index contributed by atoms with van der Waals surface area (Å²) < 4.78 is 5.10. The lowest BCUT2D eigenvalue weighted by atomic mass is 10.1. The molecule has 116 valence electrons. The highest BCUT2D eigenvalue weighted by Gasteiger charge is 2.28. The minimum absolute atomic E-state index is 0.0454. The molecule has 0 spiro atoms. The molecule has 22 heavy (non-hydrogen) atoms. The van der Waals surface area contributed by atoms with Crippen molar-refractivity contribution >= 4 is 12.0 Å². The minimum atomic E-state index is -0.352. The summed E-state index contributed by atoms with van der Waals surface area (Å²) in [5.41, 5.74) is 6.99. The number of nitrogens with two attached hydrogens (primary N) is 1. The Morgan fingerprint density at radius 2 is 2.27 bits per heavy atom. The molecule has 2 N–H and O–H groups in total. The number of ether oxygens (including phenoxy) is 1. The number of hydrogen-bond donors (Lipinski definition) is 1. The van der Waals surface area contributed by atoms with Crippen molar-refractivity contribution in [3.05, 3.63) is 35.9 Å². The molecule has 1 aliphatic heterocycles. The first kappa shape index (κ1) is 16.1. The van der Waals surface area contributed by atoms with E-state index in [4.69, 9.17) is 15.7 Å². The predicted octanol–water partition coefficient (Wildman–Crippen LogP) is 1.94. The summed E-state index contributed by atoms with van der Waals surface area (Å²) in [5.74, 6) is 0.754. The third-order valence-electron chi connectivity index (χ3n) is 3.78. The van der Waals surface area contributed by atoms with Crippen LogP contribution >= 0.6 is 0 Å². The van der Waals surface area contributed by atoms with Gasteiger partial charge in [0.2, 0.25) is 5.91 Å². The Bertz CT molecular complexity index is 575. The van der Waals surface area contributed by atoms with Gasteiger partial charge in [0.1, 0.15) is 11.8 Å². The summed E-state index contributed by atoms with van der Waals surface area (Å²) in [7, 11) is 1.62. The van der Waals surface area contributed by atoms with Gasteiger partial charge in [-0.3, -0.25) is 4.79 Å². The van der Waals surface area contributed by atoms with Crippen LogP contribution in [-0.2, 0) is 4.79 Å². The zero-order valence-corrected chi connectivity index (χ0v) is 12.7. The molecule has 0 radical (unpaired) electrons. The first-order chi connectivity index (χ1) is 10.6. The summed E-state index contributed by atoms with van der Waals surface area (Å²) in [6.07, 6.45) is 5.59. The smallest absolute Gasteiger partial charge is 0.225 e. The average Bonchev–Trinajstić information content (AvgIpc) is 3.02. The number of nitrogens with zero attached hydrogens (tertiary/aromatic N) is 2. The molecule has 0 aliphatic carbocycles. The van der Waals surface area contributed by atoms with Crippen molar-refractivity contribution in [2.75, 3.05) is 13.7 Å². The van der Waals surface area contributed by atoms with E-state index in [0.717, 1.165) is 24.2 Å². The summed E-state index contributed by atoms with van der Waals surface area (Å²) in [6.45, 7) is 0.659. The van der Waals surface area contributed by atoms with Crippen LogP contribution in [0, 0.1) is 11.3 Å². The van der Waals surface area contributed by atoms with Crippen LogP contribution in [0.1, 0.15) is 24.8 Å². The third kappa shape index (κ3) is 4.09. The van der Waals surface area contributed by atoms with Gasteiger partial charge in [0.25, 0.3) is 0 Å². The van der Waals surface area contributed by atoms with Crippen LogP contribution in [0.4, 0.5) is 0 Å². The van der Waals surface area contributed by atoms with Crippen LogP contribution in [0.5, 0.6) is 5.75 Å². The zero-order chi connectivity index (χ0) is 15.9. The van der Waals surface area contributed by atoms with Crippen molar-refractivity contribution in [3.63, 3.8) is 0 Å². The maximum absolute atomic E-state index is 12.2. The van der Waals surface area contributed by atoms with Crippen LogP contribution < -0.4 is 10.5 Å². The molecule has 1 unspecified atom stereocenters. The van der Waals surface area contributed by atoms with E-state index in [1.165, 1.54) is 0 Å². The third-order valence-corrected chi connectivity index (χ3v) is 3.78. The highest BCUT2D eigenvalue weighted by atomic mass is 16.5. The van der Waals surface area contributed by atoms with E-state index in [0.29, 0.717) is 6.54 Å². The van der Waals surface area contributed by atoms with Crippen molar-refractivity contribution < 1.29 is 9.53 Å². The molecule has 5 heteroatoms. The fraction of sp³-hybridized carbons (Fsp3) is 0.412. The molecule has 5 nitrogen and oxygen atoms in total. The van der Waals surface area contributed by atoms with Crippen LogP contribution in [0.25, 0.3) is 6.08 Å². The number of likely N-dealkylation sites (tertiary alicyclic amines) is 1. The number of amides is 1. The van der Waals surface area contributed by atoms with Gasteiger partial charge < -0.3 is 15.4 Å². The normalized spacial score (nSPS) is 19.1. The minimum Gasteiger partial charge on any atom is -0.497 e. The summed E-state index contributed by atoms with van der Waals surface area (Å²) in [5, 5.41) is 9.01. The first-order valence-corrected chi connectivity index (χ1v) is 7.41. The fourth-order valence-electron chi connectivity index (χ4n) is 2.54. The van der Waals surface area contributed by atoms with Gasteiger partial charge in [-0.15, -0.1) is 0 Å². The maximum Gasteiger partial charge on any atom is 0.225 e. The van der Waals surface area contributed by atoms with Crippen LogP contribution in [-0.4, -0.2) is 36.5 Å². The Hall–Kier alpha value is -2.32. The molecule has 1 aromatic carbocycles. The molecular weight excluding hydrogens is 278 g/mol. The molecule has 1 aliphatic rings. The Balaban J connectivity index is 1.89. The monoisotopic (exact) mass is 299 g/mol. The SMILES string of the molecule is COc1ccc(C=CC(N)CC(=O)N2CCC[C@H]2C#N)cc1. The fourth-order valence-corrected chi connectivity index (χ4v) is 2.54. The number of nitriles is 1. The van der Waals surface area contributed by atoms with E-state index in [1.807, 2.05) is 36.4 Å². The van der Waals surface area contributed by atoms with Gasteiger partial charge in [0, 0.05) is 19.0 Å². The number of hydrogen-bond acceptors (Lipinski definition) is 4. The molecule has 0 bridgehead atoms. The van der Waals surface area contributed by atoms with Crippen molar-refractivity contribution in [1.82, 2.24) is 4.90 Å². The average molecular weight is 299 g/mol. The summed E-state index contributed by atoms with van der Waals surface area (Å²) in [6, 6.07) is 9.13. The summed E-state index contributed by atoms with van der Waals surface area (Å²) in [4.78, 5) is 13.8. The standard InChI is InChI=1S/C17H21N3O2/c1-22-16-8-5-13(6-9-16)4-7-14(19)11-17(21)20-10-2-3-15(20)12-18/h4-9,14-15H,2-3,10-11,19H2,1H3/t14?,15-/m0/s1. The van der Waals surface area contributed by atoms with Gasteiger partial charge in [0.15, 0.2) is 0 Å². The summed E-state index contributed by atoms with van der Waals surface area (Å²) >= 11 is 0. The molecule has 1 saturated heterocycles. The topological polar surface area (TPSA) is 79.3 Å². The number of rotatable bonds is 5. The van der Waals surface area contributed by atoms with E-state index in [1.54, 1.807) is 12.0 Å². The van der Waals surface area contributed by atoms with Gasteiger partial charge in [-0.2, -0.15) is 5.26 Å². The van der Waals surface area contributed by atoms with Crippen molar-refractivity contribution in [1.29, 1.82) is 5.26 Å². The predicted molar refractivity (Wildman–Crippen MR) is 85.0 cm³/mol. The van der Waals surface area contributed by atoms with Crippen LogP contribution in [0.3, 0.4) is 0 Å². The second kappa shape index (κ2) is 7.62. The van der Waals surface area contributed by atoms with Gasteiger partial charge >= 0.3 is 0 Å². The van der Waals surface area contributed by atoms with Gasteiger partial charge in [-0.25, -0.2) is 0 Å². The van der Waals surface area contributed by atoms with E-state index < -0.39 is 0 Å². The Kier molecular flexibility index (Phi) is 5.56. The molecule has 0 aromatic heterocycles. The highest BCUT2D eigenvalue weighted by Crippen LogP contribution is 2.18. The number of benzene rings is 1. The van der Waals surface area contributed by atoms with Crippen LogP contribution in [0.2, 0.25) is 0 Å². The lowest BCUT2D eigenvalue weighted by Gasteiger charge is -2.20. The van der Waals surface area contributed by atoms with Gasteiger partial charge in [-0.05, 0) is 30.5 Å². The Labute approximate surface area is 131 Å². The molecule has 1 heterocycles. The number of carbonyl (C=O) groups excluding carboxylic acids is 1. The molecule has 1 amide bonds. The number of carbonyl (C=O) groups is 1. The molecule has 1 aromatic rings. The van der Waals surface area contributed by atoms with E-state index in [2.05, 4.69) is 6.07 Å². The Morgan fingerprint density at radius 3 is 2.91 bits per heavy atom. The van der Waals surface area contributed by atoms with Crippen LogP contribution in [0.15, 0.2) is 30.3 Å². The second-order valence-corrected chi connectivity index (χ2v) is 5.37. The van der Waals surface area contributed by atoms with E-state index in [9.17, 15) is 4.79 Å². The molecule has 1 fully saturated rings. The van der Waals surface area contributed by atoms with E-state index >= 15 is 0 Å². The molecule has 2 atom stereocenters. The molecule has 0 saturated carbocycles. The quantitative estimate of drug-likeness (QED) is 0.901. The van der Waals surface area contributed by atoms with Gasteiger partial charge in [0.05, 0.1) is 13.2 Å². The zero-order valence-electron chi connectivity index (χ0n) is 12.7. The largest absolute Gasteiger partial charge is 0.497 e. The van der Waals surface area contributed by atoms with Crippen molar-refractivity contribution in [2.45, 2.75) is 31.3 Å². The number of methoxy groups -OCH3 is 1. The second-order valence-electron chi connectivity index (χ2n) is 5.37. The lowest BCUT2D eigenvalue weighted by Crippen LogP contribution is -2.37. The first-order valence-electron chi connectivity index (χ1n) is 7.41. The Morgan fingerprint density at radius 1 is 1.55 bits per heavy atom. The lowest BCUT2D eigenvalue weighted by molar-refractivity contribution is -0.131. The van der Waals surface area contributed by atoms with Gasteiger partial charge in [-0.1, -0.05) is 24.3 Å². The van der Waals surface area contributed by atoms with E-state index in [-0.39, 0.29) is 24.4 Å². The molecular formula is C17H21N3O2. The highest BCUT2D eigenvalue weighted by molar-refractivity contribution is 5.78. The van der Waals surface area contributed by atoms with Crippen molar-refractivity contribution in [3.8, 4) is 11.8 Å². The maximum atomic E-state index is 12.2. The van der Waals surface area contributed by atoms with Crippen molar-refractivity contribution in [2.24, 2.45) is 5.73 Å². The molecule has 2 rings (SSSR count).